The molecule has 6 atom stereocenters. The van der Waals surface area contributed by atoms with Crippen LogP contribution in [-0.4, -0.2) is 81.0 Å². The minimum atomic E-state index is -1.00. The molecule has 0 fully saturated rings. The Morgan fingerprint density at radius 1 is 1.08 bits per heavy atom. The Bertz CT molecular complexity index is 1540. The lowest BCUT2D eigenvalue weighted by atomic mass is 9.85. The van der Waals surface area contributed by atoms with Crippen molar-refractivity contribution in [1.29, 1.82) is 0 Å². The van der Waals surface area contributed by atoms with E-state index in [1.54, 1.807) is 39.2 Å². The van der Waals surface area contributed by atoms with Crippen molar-refractivity contribution in [3.8, 4) is 5.75 Å². The van der Waals surface area contributed by atoms with Crippen molar-refractivity contribution in [3.63, 3.8) is 0 Å². The van der Waals surface area contributed by atoms with E-state index in [9.17, 15) is 24.3 Å². The lowest BCUT2D eigenvalue weighted by molar-refractivity contribution is -0.120. The molecular weight excluding hydrogens is 630 g/mol. The molecule has 0 saturated heterocycles. The van der Waals surface area contributed by atoms with Crippen molar-refractivity contribution >= 4 is 23.6 Å². The number of rotatable bonds is 8. The zero-order valence-electron chi connectivity index (χ0n) is 29.3. The highest BCUT2D eigenvalue weighted by molar-refractivity contribution is 6.23. The molecule has 5 N–H and O–H groups in total. The number of ether oxygens (including phenoxy) is 4. The topological polar surface area (TPSA) is 176 Å². The molecule has 3 rings (SSSR count). The second-order valence-corrected chi connectivity index (χ2v) is 12.4. The molecule has 12 nitrogen and oxygen atoms in total. The molecule has 2 bridgehead atoms. The van der Waals surface area contributed by atoms with Crippen LogP contribution in [-0.2, 0) is 35.0 Å². The molecule has 2 aliphatic rings. The van der Waals surface area contributed by atoms with Crippen LogP contribution < -0.4 is 21.1 Å². The first-order valence-corrected chi connectivity index (χ1v) is 16.2. The number of allylic oxidation sites excluding steroid dienone is 4. The van der Waals surface area contributed by atoms with Crippen LogP contribution in [0.5, 0.6) is 5.75 Å². The molecule has 12 heteroatoms. The van der Waals surface area contributed by atoms with Crippen LogP contribution in [0.25, 0.3) is 0 Å². The van der Waals surface area contributed by atoms with E-state index in [1.807, 2.05) is 38.1 Å². The van der Waals surface area contributed by atoms with Crippen LogP contribution in [0.15, 0.2) is 82.8 Å². The number of hydrogen-bond donors (Lipinski definition) is 4. The Balaban J connectivity index is 2.03. The molecule has 0 unspecified atom stereocenters. The highest BCUT2D eigenvalue weighted by Crippen LogP contribution is 2.29. The van der Waals surface area contributed by atoms with E-state index >= 15 is 0 Å². The van der Waals surface area contributed by atoms with Gasteiger partial charge in [0.2, 0.25) is 11.6 Å². The maximum absolute atomic E-state index is 13.9. The third kappa shape index (κ3) is 10.5. The molecular formula is C37H49N3O9. The van der Waals surface area contributed by atoms with E-state index in [4.69, 9.17) is 24.7 Å². The summed E-state index contributed by atoms with van der Waals surface area (Å²) in [4.78, 5) is 52.4. The molecule has 1 aliphatic heterocycles. The van der Waals surface area contributed by atoms with E-state index in [1.165, 1.54) is 20.3 Å². The van der Waals surface area contributed by atoms with Crippen LogP contribution >= 0.6 is 0 Å². The average molecular weight is 680 g/mol. The van der Waals surface area contributed by atoms with Gasteiger partial charge in [-0.1, -0.05) is 56.4 Å². The van der Waals surface area contributed by atoms with Crippen LogP contribution in [0.3, 0.4) is 0 Å². The molecule has 2 amide bonds. The van der Waals surface area contributed by atoms with Crippen molar-refractivity contribution in [3.05, 3.63) is 88.3 Å². The Kier molecular flexibility index (Phi) is 14.5. The highest BCUT2D eigenvalue weighted by Gasteiger charge is 2.33. The number of nitrogens with one attached hydrogen (secondary N) is 2. The molecule has 0 radical (unpaired) electrons. The summed E-state index contributed by atoms with van der Waals surface area (Å²) in [6.07, 6.45) is 4.25. The number of amides is 2. The van der Waals surface area contributed by atoms with Gasteiger partial charge in [0.05, 0.1) is 30.7 Å². The van der Waals surface area contributed by atoms with Gasteiger partial charge >= 0.3 is 6.09 Å². The Morgan fingerprint density at radius 2 is 1.80 bits per heavy atom. The standard InChI is InChI=1S/C37H49N3O9/c1-21-17-26-32(39-16-15-25-12-8-9-13-29(25)46-5)28(41)20-27(34(26)43)40-36(44)22(2)11-10-14-30(47-6)35(49-37(38)45)24(4)19-23(3)33(42)31(18-21)48-7/h8-14,19-21,23,30-31,33,35,39,42H,15-18H2,1-7H3,(H2,38,45)(H,40,44)/b14-10-,22-11+,24-19+/t21-,23+,30+,31+,33-,35+/m1/s1. The lowest BCUT2D eigenvalue weighted by Gasteiger charge is -2.30. The zero-order chi connectivity index (χ0) is 36.2. The van der Waals surface area contributed by atoms with Gasteiger partial charge < -0.3 is 40.4 Å². The summed E-state index contributed by atoms with van der Waals surface area (Å²) >= 11 is 0. The Morgan fingerprint density at radius 3 is 2.45 bits per heavy atom. The van der Waals surface area contributed by atoms with Gasteiger partial charge in [-0.15, -0.1) is 0 Å². The van der Waals surface area contributed by atoms with Gasteiger partial charge in [0.25, 0.3) is 5.91 Å². The van der Waals surface area contributed by atoms with Gasteiger partial charge in [0, 0.05) is 43.9 Å². The van der Waals surface area contributed by atoms with Crippen molar-refractivity contribution in [2.45, 2.75) is 71.4 Å². The smallest absolute Gasteiger partial charge is 0.405 e. The third-order valence-electron chi connectivity index (χ3n) is 8.68. The number of carbonyl (C=O) groups excluding carboxylic acids is 4. The molecule has 1 aromatic carbocycles. The van der Waals surface area contributed by atoms with E-state index in [0.717, 1.165) is 11.6 Å². The number of fused-ring (bicyclic) bond motifs is 2. The highest BCUT2D eigenvalue weighted by atomic mass is 16.6. The minimum Gasteiger partial charge on any atom is -0.496 e. The van der Waals surface area contributed by atoms with Crippen LogP contribution in [0, 0.1) is 11.8 Å². The van der Waals surface area contributed by atoms with E-state index in [-0.39, 0.29) is 34.9 Å². The summed E-state index contributed by atoms with van der Waals surface area (Å²) < 4.78 is 22.1. The van der Waals surface area contributed by atoms with Gasteiger partial charge in [0.15, 0.2) is 6.10 Å². The lowest BCUT2D eigenvalue weighted by Crippen LogP contribution is -2.38. The Labute approximate surface area is 288 Å². The normalized spacial score (nSPS) is 28.7. The number of benzene rings is 1. The number of hydrogen-bond acceptors (Lipinski definition) is 10. The molecule has 0 aromatic heterocycles. The zero-order valence-corrected chi connectivity index (χ0v) is 29.3. The van der Waals surface area contributed by atoms with Crippen molar-refractivity contribution in [2.24, 2.45) is 17.6 Å². The van der Waals surface area contributed by atoms with Crippen LogP contribution in [0.1, 0.15) is 46.1 Å². The molecule has 1 aliphatic carbocycles. The quantitative estimate of drug-likeness (QED) is 0.235. The van der Waals surface area contributed by atoms with Gasteiger partial charge in [-0.25, -0.2) is 4.79 Å². The summed E-state index contributed by atoms with van der Waals surface area (Å²) in [5, 5.41) is 17.2. The van der Waals surface area contributed by atoms with Crippen LogP contribution in [0.2, 0.25) is 0 Å². The molecule has 49 heavy (non-hydrogen) atoms. The summed E-state index contributed by atoms with van der Waals surface area (Å²) in [6.45, 7) is 7.35. The van der Waals surface area contributed by atoms with Crippen molar-refractivity contribution < 1.29 is 43.2 Å². The van der Waals surface area contributed by atoms with Crippen LogP contribution in [0.4, 0.5) is 4.79 Å². The molecule has 266 valence electrons. The molecule has 1 aromatic rings. The molecule has 0 saturated carbocycles. The summed E-state index contributed by atoms with van der Waals surface area (Å²) in [7, 11) is 4.52. The molecule has 1 heterocycles. The number of aliphatic hydroxyl groups is 1. The number of para-hydroxylation sites is 1. The van der Waals surface area contributed by atoms with Gasteiger partial charge in [0.1, 0.15) is 11.9 Å². The molecule has 0 spiro atoms. The number of ketones is 2. The first-order chi connectivity index (χ1) is 23.3. The number of Topliss-reactive ketones (excluding diaryl/α,β-unsaturated/α-hetero) is 1. The maximum Gasteiger partial charge on any atom is 0.405 e. The predicted octanol–water partition coefficient (Wildman–Crippen LogP) is 3.60. The number of nitrogens with two attached hydrogens (primary N) is 1. The first-order valence-electron chi connectivity index (χ1n) is 16.2. The summed E-state index contributed by atoms with van der Waals surface area (Å²) in [5.41, 5.74) is 7.40. The number of primary amides is 1. The fourth-order valence-electron chi connectivity index (χ4n) is 6.01. The monoisotopic (exact) mass is 679 g/mol. The first kappa shape index (κ1) is 38.9. The van der Waals surface area contributed by atoms with E-state index in [2.05, 4.69) is 10.6 Å². The Hall–Kier alpha value is -4.52. The predicted molar refractivity (Wildman–Crippen MR) is 184 cm³/mol. The van der Waals surface area contributed by atoms with Gasteiger partial charge in [-0.3, -0.25) is 14.4 Å². The van der Waals surface area contributed by atoms with E-state index < -0.39 is 53.9 Å². The number of carbonyl (C=O) groups is 4. The van der Waals surface area contributed by atoms with Gasteiger partial charge in [-0.05, 0) is 56.2 Å². The van der Waals surface area contributed by atoms with E-state index in [0.29, 0.717) is 30.7 Å². The fourth-order valence-corrected chi connectivity index (χ4v) is 6.01. The largest absolute Gasteiger partial charge is 0.496 e. The fraction of sp³-hybridized carbons (Fsp3) is 0.459. The maximum atomic E-state index is 13.9. The average Bonchev–Trinajstić information content (AvgIpc) is 3.07. The van der Waals surface area contributed by atoms with Crippen molar-refractivity contribution in [2.75, 3.05) is 27.9 Å². The number of aliphatic hydroxyl groups excluding tert-OH is 1. The second-order valence-electron chi connectivity index (χ2n) is 12.4. The second kappa shape index (κ2) is 18.3. The van der Waals surface area contributed by atoms with Crippen molar-refractivity contribution in [1.82, 2.24) is 10.6 Å². The SMILES string of the molecule is COc1ccccc1CCNC1=C2C[C@@H](C)C[C@H](OC)[C@H](O)[C@@H](C)/C=C(\C)[C@H](OC(N)=O)[C@@H](OC)/C=C\C=C(/C)C(=O)NC(=CC1=O)C2=O. The minimum absolute atomic E-state index is 0.136. The summed E-state index contributed by atoms with van der Waals surface area (Å²) in [5.74, 6) is -1.47. The third-order valence-corrected chi connectivity index (χ3v) is 8.68. The number of methoxy groups -OCH3 is 3. The summed E-state index contributed by atoms with van der Waals surface area (Å²) in [6, 6.07) is 7.55. The van der Waals surface area contributed by atoms with Gasteiger partial charge in [-0.2, -0.15) is 0 Å².